The van der Waals surface area contributed by atoms with Crippen molar-refractivity contribution in [2.45, 2.75) is 31.4 Å². The fourth-order valence-corrected chi connectivity index (χ4v) is 3.94. The summed E-state index contributed by atoms with van der Waals surface area (Å²) in [4.78, 5) is 25.4. The number of thioether (sulfide) groups is 1. The number of carbonyl (C=O) groups excluding carboxylic acids is 2. The van der Waals surface area contributed by atoms with Gasteiger partial charge in [-0.1, -0.05) is 29.4 Å². The van der Waals surface area contributed by atoms with Gasteiger partial charge in [0.25, 0.3) is 5.91 Å². The standard InChI is InChI=1S/C22H22N2O4S/c1-14-7-6-8-17(11-14)23-21(25)12-27-22(26)18-9-4-5-10-20(18)29-13-19-15(2)24-28-16(19)3/h4-11H,12-13H2,1-3H3,(H,23,25). The quantitative estimate of drug-likeness (QED) is 0.450. The summed E-state index contributed by atoms with van der Waals surface area (Å²) in [5, 5.41) is 6.67. The van der Waals surface area contributed by atoms with Gasteiger partial charge in [-0.2, -0.15) is 0 Å². The molecule has 0 radical (unpaired) electrons. The lowest BCUT2D eigenvalue weighted by Crippen LogP contribution is -2.21. The molecule has 3 aromatic rings. The highest BCUT2D eigenvalue weighted by atomic mass is 32.2. The first-order chi connectivity index (χ1) is 13.9. The van der Waals surface area contributed by atoms with Crippen LogP contribution < -0.4 is 5.32 Å². The number of esters is 1. The molecule has 29 heavy (non-hydrogen) atoms. The molecule has 0 aliphatic rings. The molecule has 0 bridgehead atoms. The smallest absolute Gasteiger partial charge is 0.339 e. The molecule has 0 saturated carbocycles. The van der Waals surface area contributed by atoms with Crippen molar-refractivity contribution in [3.05, 3.63) is 76.7 Å². The molecule has 0 saturated heterocycles. The maximum Gasteiger partial charge on any atom is 0.339 e. The lowest BCUT2D eigenvalue weighted by atomic mass is 10.2. The SMILES string of the molecule is Cc1cccc(NC(=O)COC(=O)c2ccccc2SCc2c(C)noc2C)c1. The van der Waals surface area contributed by atoms with Gasteiger partial charge < -0.3 is 14.6 Å². The zero-order valence-electron chi connectivity index (χ0n) is 16.5. The molecule has 2 aromatic carbocycles. The van der Waals surface area contributed by atoms with E-state index < -0.39 is 5.97 Å². The number of rotatable bonds is 7. The van der Waals surface area contributed by atoms with Crippen molar-refractivity contribution in [3.63, 3.8) is 0 Å². The van der Waals surface area contributed by atoms with E-state index in [0.717, 1.165) is 27.5 Å². The largest absolute Gasteiger partial charge is 0.452 e. The van der Waals surface area contributed by atoms with E-state index in [0.29, 0.717) is 17.0 Å². The minimum atomic E-state index is -0.536. The van der Waals surface area contributed by atoms with E-state index in [1.54, 1.807) is 18.2 Å². The maximum absolute atomic E-state index is 12.5. The lowest BCUT2D eigenvalue weighted by Gasteiger charge is -2.10. The molecule has 3 rings (SSSR count). The predicted octanol–water partition coefficient (Wildman–Crippen LogP) is 4.69. The number of amides is 1. The molecule has 1 heterocycles. The zero-order chi connectivity index (χ0) is 20.8. The van der Waals surface area contributed by atoms with Crippen molar-refractivity contribution in [1.29, 1.82) is 0 Å². The summed E-state index contributed by atoms with van der Waals surface area (Å²) >= 11 is 1.50. The molecule has 0 aliphatic carbocycles. The van der Waals surface area contributed by atoms with Crippen molar-refractivity contribution in [1.82, 2.24) is 5.16 Å². The molecule has 1 amide bonds. The van der Waals surface area contributed by atoms with Gasteiger partial charge in [0.2, 0.25) is 0 Å². The normalized spacial score (nSPS) is 10.6. The molecule has 6 nitrogen and oxygen atoms in total. The van der Waals surface area contributed by atoms with E-state index in [4.69, 9.17) is 9.26 Å². The highest BCUT2D eigenvalue weighted by Crippen LogP contribution is 2.29. The minimum absolute atomic E-state index is 0.352. The number of benzene rings is 2. The molecule has 1 aromatic heterocycles. The molecule has 0 fully saturated rings. The van der Waals surface area contributed by atoms with Crippen LogP contribution in [-0.2, 0) is 15.3 Å². The summed E-state index contributed by atoms with van der Waals surface area (Å²) in [5.41, 5.74) is 3.97. The van der Waals surface area contributed by atoms with Gasteiger partial charge in [0.1, 0.15) is 5.76 Å². The van der Waals surface area contributed by atoms with E-state index in [9.17, 15) is 9.59 Å². The summed E-state index contributed by atoms with van der Waals surface area (Å²) < 4.78 is 10.4. The van der Waals surface area contributed by atoms with E-state index in [1.165, 1.54) is 11.8 Å². The molecular weight excluding hydrogens is 388 g/mol. The van der Waals surface area contributed by atoms with Gasteiger partial charge >= 0.3 is 5.97 Å². The Morgan fingerprint density at radius 1 is 1.10 bits per heavy atom. The van der Waals surface area contributed by atoms with Crippen LogP contribution in [-0.4, -0.2) is 23.6 Å². The van der Waals surface area contributed by atoms with E-state index >= 15 is 0 Å². The second-order valence-corrected chi connectivity index (χ2v) is 7.60. The summed E-state index contributed by atoms with van der Waals surface area (Å²) in [6, 6.07) is 14.6. The summed E-state index contributed by atoms with van der Waals surface area (Å²) in [5.74, 6) is 0.471. The third-order valence-corrected chi connectivity index (χ3v) is 5.40. The molecule has 0 spiro atoms. The zero-order valence-corrected chi connectivity index (χ0v) is 17.3. The molecule has 150 valence electrons. The fourth-order valence-electron chi connectivity index (χ4n) is 2.75. The van der Waals surface area contributed by atoms with E-state index in [2.05, 4.69) is 10.5 Å². The third-order valence-electron chi connectivity index (χ3n) is 4.30. The van der Waals surface area contributed by atoms with Gasteiger partial charge in [-0.3, -0.25) is 4.79 Å². The van der Waals surface area contributed by atoms with Crippen LogP contribution >= 0.6 is 11.8 Å². The predicted molar refractivity (Wildman–Crippen MR) is 112 cm³/mol. The van der Waals surface area contributed by atoms with Crippen molar-refractivity contribution in [2.24, 2.45) is 0 Å². The average molecular weight is 410 g/mol. The summed E-state index contributed by atoms with van der Waals surface area (Å²) in [6.45, 7) is 5.34. The van der Waals surface area contributed by atoms with Crippen LogP contribution in [0.5, 0.6) is 0 Å². The van der Waals surface area contributed by atoms with Gasteiger partial charge in [-0.25, -0.2) is 4.79 Å². The maximum atomic E-state index is 12.5. The number of hydrogen-bond donors (Lipinski definition) is 1. The van der Waals surface area contributed by atoms with Gasteiger partial charge in [-0.05, 0) is 50.6 Å². The fraction of sp³-hybridized carbons (Fsp3) is 0.227. The van der Waals surface area contributed by atoms with Crippen molar-refractivity contribution >= 4 is 29.3 Å². The number of anilines is 1. The topological polar surface area (TPSA) is 81.4 Å². The number of carbonyl (C=O) groups is 2. The highest BCUT2D eigenvalue weighted by molar-refractivity contribution is 7.98. The highest BCUT2D eigenvalue weighted by Gasteiger charge is 2.16. The first-order valence-electron chi connectivity index (χ1n) is 9.11. The Labute approximate surface area is 173 Å². The number of nitrogens with zero attached hydrogens (tertiary/aromatic N) is 1. The van der Waals surface area contributed by atoms with Crippen LogP contribution in [0.25, 0.3) is 0 Å². The number of nitrogens with one attached hydrogen (secondary N) is 1. The van der Waals surface area contributed by atoms with Crippen molar-refractivity contribution < 1.29 is 18.8 Å². The van der Waals surface area contributed by atoms with Gasteiger partial charge in [0, 0.05) is 21.9 Å². The van der Waals surface area contributed by atoms with Gasteiger partial charge in [0.15, 0.2) is 6.61 Å². The van der Waals surface area contributed by atoms with Crippen molar-refractivity contribution in [2.75, 3.05) is 11.9 Å². The Kier molecular flexibility index (Phi) is 6.72. The van der Waals surface area contributed by atoms with Crippen LogP contribution in [0.2, 0.25) is 0 Å². The summed E-state index contributed by atoms with van der Waals surface area (Å²) in [6.07, 6.45) is 0. The van der Waals surface area contributed by atoms with Crippen LogP contribution in [0.1, 0.15) is 32.9 Å². The third kappa shape index (κ3) is 5.48. The number of ether oxygens (including phenoxy) is 1. The Balaban J connectivity index is 1.60. The van der Waals surface area contributed by atoms with Crippen LogP contribution in [0.15, 0.2) is 57.9 Å². The molecular formula is C22H22N2O4S. The second kappa shape index (κ2) is 9.43. The summed E-state index contributed by atoms with van der Waals surface area (Å²) in [7, 11) is 0. The first-order valence-corrected chi connectivity index (χ1v) is 10.1. The molecule has 7 heteroatoms. The number of aromatic nitrogens is 1. The van der Waals surface area contributed by atoms with Gasteiger partial charge in [-0.15, -0.1) is 11.8 Å². The molecule has 1 N–H and O–H groups in total. The first kappa shape index (κ1) is 20.7. The van der Waals surface area contributed by atoms with Crippen LogP contribution in [0, 0.1) is 20.8 Å². The molecule has 0 aliphatic heterocycles. The Morgan fingerprint density at radius 2 is 1.90 bits per heavy atom. The van der Waals surface area contributed by atoms with E-state index in [-0.39, 0.29) is 12.5 Å². The average Bonchev–Trinajstić information content (AvgIpc) is 3.02. The number of hydrogen-bond acceptors (Lipinski definition) is 6. The second-order valence-electron chi connectivity index (χ2n) is 6.58. The Morgan fingerprint density at radius 3 is 2.62 bits per heavy atom. The Hall–Kier alpha value is -3.06. The lowest BCUT2D eigenvalue weighted by molar-refractivity contribution is -0.119. The van der Waals surface area contributed by atoms with Crippen molar-refractivity contribution in [3.8, 4) is 0 Å². The molecule has 0 unspecified atom stereocenters. The molecule has 0 atom stereocenters. The number of aryl methyl sites for hydroxylation is 3. The monoisotopic (exact) mass is 410 g/mol. The van der Waals surface area contributed by atoms with Crippen LogP contribution in [0.3, 0.4) is 0 Å². The minimum Gasteiger partial charge on any atom is -0.452 e. The van der Waals surface area contributed by atoms with Gasteiger partial charge in [0.05, 0.1) is 11.3 Å². The Bertz CT molecular complexity index is 1010. The van der Waals surface area contributed by atoms with Crippen LogP contribution in [0.4, 0.5) is 5.69 Å². The van der Waals surface area contributed by atoms with E-state index in [1.807, 2.05) is 51.1 Å².